The average Bonchev–Trinajstić information content (AvgIpc) is 2.59. The summed E-state index contributed by atoms with van der Waals surface area (Å²) in [5.41, 5.74) is 0.203. The normalized spacial score (nSPS) is 11.8. The van der Waals surface area contributed by atoms with Crippen molar-refractivity contribution in [1.82, 2.24) is 4.57 Å². The minimum atomic E-state index is -4.09. The number of benzene rings is 2. The third kappa shape index (κ3) is 3.03. The van der Waals surface area contributed by atoms with E-state index in [-0.39, 0.29) is 15.8 Å². The fourth-order valence-electron chi connectivity index (χ4n) is 2.82. The maximum absolute atomic E-state index is 13.7. The highest BCUT2D eigenvalue weighted by molar-refractivity contribution is 7.91. The topological polar surface area (TPSA) is 56.1 Å². The molecule has 0 spiro atoms. The van der Waals surface area contributed by atoms with E-state index in [0.29, 0.717) is 13.0 Å². The van der Waals surface area contributed by atoms with E-state index in [0.717, 1.165) is 17.7 Å². The smallest absolute Gasteiger partial charge is 0.211 e. The number of rotatable bonds is 4. The quantitative estimate of drug-likeness (QED) is 0.694. The van der Waals surface area contributed by atoms with Crippen LogP contribution in [-0.2, 0) is 16.4 Å². The van der Waals surface area contributed by atoms with Crippen LogP contribution in [-0.4, -0.2) is 13.0 Å². The van der Waals surface area contributed by atoms with Crippen molar-refractivity contribution in [2.24, 2.45) is 0 Å². The summed E-state index contributed by atoms with van der Waals surface area (Å²) in [4.78, 5) is 12.3. The zero-order valence-corrected chi connectivity index (χ0v) is 15.1. The second-order valence-electron chi connectivity index (χ2n) is 6.12. The van der Waals surface area contributed by atoms with E-state index in [1.807, 2.05) is 13.8 Å². The van der Waals surface area contributed by atoms with Gasteiger partial charge in [-0.15, -0.1) is 0 Å². The Morgan fingerprint density at radius 2 is 1.65 bits per heavy atom. The van der Waals surface area contributed by atoms with Crippen LogP contribution in [0.4, 0.5) is 8.78 Å². The Labute approximate surface area is 149 Å². The lowest BCUT2D eigenvalue weighted by Gasteiger charge is -2.13. The van der Waals surface area contributed by atoms with Crippen molar-refractivity contribution >= 4 is 20.7 Å². The van der Waals surface area contributed by atoms with Crippen LogP contribution in [0.25, 0.3) is 10.9 Å². The predicted molar refractivity (Wildman–Crippen MR) is 95.0 cm³/mol. The van der Waals surface area contributed by atoms with Crippen LogP contribution < -0.4 is 5.43 Å². The van der Waals surface area contributed by atoms with E-state index in [1.54, 1.807) is 12.1 Å². The van der Waals surface area contributed by atoms with Gasteiger partial charge in [0, 0.05) is 18.8 Å². The van der Waals surface area contributed by atoms with E-state index < -0.39 is 31.8 Å². The first-order valence-corrected chi connectivity index (χ1v) is 9.58. The minimum absolute atomic E-state index is 0.0230. The summed E-state index contributed by atoms with van der Waals surface area (Å²) in [5, 5.41) is -0.162. The maximum Gasteiger partial charge on any atom is 0.211 e. The van der Waals surface area contributed by atoms with Gasteiger partial charge in [0.25, 0.3) is 0 Å². The molecule has 0 unspecified atom stereocenters. The molecule has 136 valence electrons. The fourth-order valence-corrected chi connectivity index (χ4v) is 4.19. The van der Waals surface area contributed by atoms with Gasteiger partial charge < -0.3 is 4.57 Å². The van der Waals surface area contributed by atoms with Gasteiger partial charge >= 0.3 is 0 Å². The zero-order chi connectivity index (χ0) is 19.1. The number of pyridine rings is 1. The Bertz CT molecular complexity index is 1150. The number of aromatic nitrogens is 1. The van der Waals surface area contributed by atoms with Crippen molar-refractivity contribution in [2.75, 3.05) is 0 Å². The molecule has 3 aromatic rings. The standard InChI is InChI=1S/C19H17F2NO3S/c1-3-8-22-11-18(26(24,25)13-6-4-12(2)5-7-13)19(23)14-9-15(20)16(21)10-17(14)22/h4-7,9-11H,3,8H2,1-2H3. The van der Waals surface area contributed by atoms with Gasteiger partial charge in [0.15, 0.2) is 11.6 Å². The number of nitrogens with zero attached hydrogens (tertiary/aromatic N) is 1. The molecule has 1 heterocycles. The van der Waals surface area contributed by atoms with Crippen LogP contribution in [0.5, 0.6) is 0 Å². The summed E-state index contributed by atoms with van der Waals surface area (Å²) in [6.45, 7) is 4.04. The van der Waals surface area contributed by atoms with Crippen molar-refractivity contribution in [2.45, 2.75) is 36.6 Å². The van der Waals surface area contributed by atoms with E-state index in [4.69, 9.17) is 0 Å². The number of halogens is 2. The summed E-state index contributed by atoms with van der Waals surface area (Å²) in [7, 11) is -4.09. The molecule has 7 heteroatoms. The Kier molecular flexibility index (Phi) is 4.66. The van der Waals surface area contributed by atoms with Crippen molar-refractivity contribution in [3.05, 3.63) is 70.0 Å². The molecule has 0 aliphatic carbocycles. The molecule has 0 amide bonds. The highest BCUT2D eigenvalue weighted by atomic mass is 32.2. The number of fused-ring (bicyclic) bond motifs is 1. The van der Waals surface area contributed by atoms with Crippen LogP contribution in [0.2, 0.25) is 0 Å². The summed E-state index contributed by atoms with van der Waals surface area (Å²) in [6, 6.07) is 7.78. The Morgan fingerprint density at radius 3 is 2.27 bits per heavy atom. The molecular weight excluding hydrogens is 360 g/mol. The second-order valence-corrected chi connectivity index (χ2v) is 8.03. The van der Waals surface area contributed by atoms with Crippen LogP contribution in [0.3, 0.4) is 0 Å². The molecule has 0 aliphatic rings. The molecule has 0 saturated heterocycles. The van der Waals surface area contributed by atoms with E-state index in [1.165, 1.54) is 22.9 Å². The Balaban J connectivity index is 2.36. The SMILES string of the molecule is CCCn1cc(S(=O)(=O)c2ccc(C)cc2)c(=O)c2cc(F)c(F)cc21. The fraction of sp³-hybridized carbons (Fsp3) is 0.211. The number of hydrogen-bond donors (Lipinski definition) is 0. The first-order valence-electron chi connectivity index (χ1n) is 8.09. The molecule has 0 fully saturated rings. The molecule has 0 N–H and O–H groups in total. The molecule has 4 nitrogen and oxygen atoms in total. The highest BCUT2D eigenvalue weighted by Crippen LogP contribution is 2.23. The molecule has 0 atom stereocenters. The third-order valence-electron chi connectivity index (χ3n) is 4.17. The molecule has 2 aromatic carbocycles. The lowest BCUT2D eigenvalue weighted by atomic mass is 10.2. The summed E-state index contributed by atoms with van der Waals surface area (Å²) in [6.07, 6.45) is 1.84. The van der Waals surface area contributed by atoms with Crippen LogP contribution >= 0.6 is 0 Å². The minimum Gasteiger partial charge on any atom is -0.346 e. The molecule has 0 bridgehead atoms. The van der Waals surface area contributed by atoms with Crippen molar-refractivity contribution in [3.8, 4) is 0 Å². The summed E-state index contributed by atoms with van der Waals surface area (Å²) < 4.78 is 54.6. The van der Waals surface area contributed by atoms with E-state index >= 15 is 0 Å². The van der Waals surface area contributed by atoms with E-state index in [2.05, 4.69) is 0 Å². The van der Waals surface area contributed by atoms with Crippen LogP contribution in [0.1, 0.15) is 18.9 Å². The van der Waals surface area contributed by atoms with Crippen LogP contribution in [0.15, 0.2) is 57.2 Å². The summed E-state index contributed by atoms with van der Waals surface area (Å²) >= 11 is 0. The molecule has 0 aliphatic heterocycles. The van der Waals surface area contributed by atoms with Gasteiger partial charge in [-0.25, -0.2) is 17.2 Å². The van der Waals surface area contributed by atoms with Gasteiger partial charge in [-0.3, -0.25) is 4.79 Å². The Morgan fingerprint density at radius 1 is 1.04 bits per heavy atom. The van der Waals surface area contributed by atoms with Crippen molar-refractivity contribution in [3.63, 3.8) is 0 Å². The maximum atomic E-state index is 13.7. The molecule has 1 aromatic heterocycles. The lowest BCUT2D eigenvalue weighted by Crippen LogP contribution is -2.20. The molecular formula is C19H17F2NO3S. The second kappa shape index (κ2) is 6.64. The van der Waals surface area contributed by atoms with Gasteiger partial charge in [0.1, 0.15) is 4.90 Å². The van der Waals surface area contributed by atoms with Gasteiger partial charge in [0.2, 0.25) is 15.3 Å². The van der Waals surface area contributed by atoms with Crippen molar-refractivity contribution < 1.29 is 17.2 Å². The Hall–Kier alpha value is -2.54. The monoisotopic (exact) mass is 377 g/mol. The predicted octanol–water partition coefficient (Wildman–Crippen LogP) is 3.83. The largest absolute Gasteiger partial charge is 0.346 e. The number of sulfone groups is 1. The average molecular weight is 377 g/mol. The third-order valence-corrected chi connectivity index (χ3v) is 5.94. The lowest BCUT2D eigenvalue weighted by molar-refractivity contribution is 0.509. The molecule has 3 rings (SSSR count). The van der Waals surface area contributed by atoms with Crippen molar-refractivity contribution in [1.29, 1.82) is 0 Å². The van der Waals surface area contributed by atoms with Gasteiger partial charge in [-0.2, -0.15) is 0 Å². The first-order chi connectivity index (χ1) is 12.3. The number of aryl methyl sites for hydroxylation is 2. The highest BCUT2D eigenvalue weighted by Gasteiger charge is 2.24. The van der Waals surface area contributed by atoms with Gasteiger partial charge in [-0.1, -0.05) is 24.6 Å². The molecule has 0 saturated carbocycles. The van der Waals surface area contributed by atoms with Crippen LogP contribution in [0, 0.1) is 18.6 Å². The molecule has 26 heavy (non-hydrogen) atoms. The van der Waals surface area contributed by atoms with Gasteiger partial charge in [0.05, 0.1) is 15.8 Å². The first kappa shape index (κ1) is 18.3. The zero-order valence-electron chi connectivity index (χ0n) is 14.3. The van der Waals surface area contributed by atoms with Gasteiger partial charge in [-0.05, 0) is 31.5 Å². The summed E-state index contributed by atoms with van der Waals surface area (Å²) in [5.74, 6) is -2.28. The van der Waals surface area contributed by atoms with E-state index in [9.17, 15) is 22.0 Å². The number of hydrogen-bond acceptors (Lipinski definition) is 3. The molecule has 0 radical (unpaired) electrons.